The van der Waals surface area contributed by atoms with Gasteiger partial charge in [-0.2, -0.15) is 6.08 Å². The molecule has 139 valence electrons. The van der Waals surface area contributed by atoms with E-state index in [1.807, 2.05) is 0 Å². The van der Waals surface area contributed by atoms with Crippen molar-refractivity contribution in [1.82, 2.24) is 0 Å². The van der Waals surface area contributed by atoms with Gasteiger partial charge in [0, 0.05) is 4.75 Å². The number of halogens is 2. The van der Waals surface area contributed by atoms with Crippen molar-refractivity contribution < 1.29 is 46.5 Å². The molecule has 0 saturated heterocycles. The molecule has 0 aliphatic heterocycles. The van der Waals surface area contributed by atoms with Crippen molar-refractivity contribution in [3.05, 3.63) is 47.6 Å². The van der Waals surface area contributed by atoms with Crippen molar-refractivity contribution in [1.29, 1.82) is 0 Å². The SMILES string of the molecule is CCCSC1(C(C)(C)C2=[C-]CC=C2)CC=CC=C1C(C)(C)C.[Cl-].[Cl-].[Ti+3]. The molecule has 2 aliphatic carbocycles. The van der Waals surface area contributed by atoms with Crippen molar-refractivity contribution in [2.45, 2.75) is 65.6 Å². The smallest absolute Gasteiger partial charge is 1.00 e. The summed E-state index contributed by atoms with van der Waals surface area (Å²) in [5.74, 6) is 1.21. The van der Waals surface area contributed by atoms with Crippen LogP contribution >= 0.6 is 11.8 Å². The zero-order chi connectivity index (χ0) is 16.4. The normalized spacial score (nSPS) is 22.3. The van der Waals surface area contributed by atoms with E-state index in [-0.39, 0.29) is 62.1 Å². The zero-order valence-corrected chi connectivity index (χ0v) is 20.3. The van der Waals surface area contributed by atoms with E-state index < -0.39 is 0 Å². The van der Waals surface area contributed by atoms with Crippen LogP contribution in [0.3, 0.4) is 0 Å². The summed E-state index contributed by atoms with van der Waals surface area (Å²) >= 11 is 2.16. The van der Waals surface area contributed by atoms with Gasteiger partial charge in [0.05, 0.1) is 0 Å². The molecule has 0 heterocycles. The van der Waals surface area contributed by atoms with Crippen LogP contribution in [-0.2, 0) is 21.7 Å². The molecular formula is C21H31Cl2STi. The fraction of sp³-hybridized carbons (Fsp3) is 0.619. The minimum Gasteiger partial charge on any atom is -1.00 e. The molecule has 2 aliphatic rings. The molecule has 1 unspecified atom stereocenters. The summed E-state index contributed by atoms with van der Waals surface area (Å²) in [6, 6.07) is 0. The quantitative estimate of drug-likeness (QED) is 0.450. The molecule has 0 aromatic rings. The Bertz CT molecular complexity index is 539. The Labute approximate surface area is 187 Å². The summed E-state index contributed by atoms with van der Waals surface area (Å²) in [6.07, 6.45) is 18.5. The number of hydrogen-bond acceptors (Lipinski definition) is 1. The van der Waals surface area contributed by atoms with E-state index in [0.717, 1.165) is 12.8 Å². The van der Waals surface area contributed by atoms with E-state index in [0.29, 0.717) is 0 Å². The minimum absolute atomic E-state index is 0. The van der Waals surface area contributed by atoms with Gasteiger partial charge in [-0.05, 0) is 35.0 Å². The molecule has 1 atom stereocenters. The van der Waals surface area contributed by atoms with Gasteiger partial charge in [0.15, 0.2) is 0 Å². The van der Waals surface area contributed by atoms with Gasteiger partial charge in [-0.1, -0.05) is 59.8 Å². The van der Waals surface area contributed by atoms with Gasteiger partial charge >= 0.3 is 21.7 Å². The number of hydrogen-bond donors (Lipinski definition) is 0. The average Bonchev–Trinajstić information content (AvgIpc) is 2.99. The van der Waals surface area contributed by atoms with Crippen molar-refractivity contribution in [3.63, 3.8) is 0 Å². The van der Waals surface area contributed by atoms with Crippen molar-refractivity contribution >= 4 is 11.8 Å². The van der Waals surface area contributed by atoms with Gasteiger partial charge in [-0.3, -0.25) is 6.08 Å². The van der Waals surface area contributed by atoms with Crippen LogP contribution in [0.25, 0.3) is 0 Å². The molecule has 0 saturated carbocycles. The molecule has 1 radical (unpaired) electrons. The second kappa shape index (κ2) is 10.8. The summed E-state index contributed by atoms with van der Waals surface area (Å²) in [5.41, 5.74) is 3.25. The molecule has 0 spiro atoms. The third-order valence-corrected chi connectivity index (χ3v) is 6.98. The average molecular weight is 434 g/mol. The Morgan fingerprint density at radius 1 is 1.12 bits per heavy atom. The monoisotopic (exact) mass is 433 g/mol. The number of thioether (sulfide) groups is 1. The van der Waals surface area contributed by atoms with Gasteiger partial charge < -0.3 is 24.8 Å². The molecule has 0 aromatic carbocycles. The predicted molar refractivity (Wildman–Crippen MR) is 101 cm³/mol. The molecule has 0 amide bonds. The van der Waals surface area contributed by atoms with Crippen LogP contribution in [0.4, 0.5) is 0 Å². The van der Waals surface area contributed by atoms with Gasteiger partial charge in [-0.15, -0.1) is 18.2 Å². The summed E-state index contributed by atoms with van der Waals surface area (Å²) in [5, 5.41) is 0. The van der Waals surface area contributed by atoms with Crippen LogP contribution in [0.1, 0.15) is 60.8 Å². The Kier molecular flexibility index (Phi) is 12.0. The second-order valence-electron chi connectivity index (χ2n) is 7.96. The number of allylic oxidation sites excluding steroid dienone is 7. The molecule has 25 heavy (non-hydrogen) atoms. The van der Waals surface area contributed by atoms with E-state index in [1.165, 1.54) is 17.7 Å². The molecule has 4 heteroatoms. The largest absolute Gasteiger partial charge is 3.00 e. The van der Waals surface area contributed by atoms with Crippen molar-refractivity contribution in [2.75, 3.05) is 5.75 Å². The van der Waals surface area contributed by atoms with E-state index in [2.05, 4.69) is 89.8 Å². The third-order valence-electron chi connectivity index (χ3n) is 4.98. The molecule has 0 bridgehead atoms. The van der Waals surface area contributed by atoms with Crippen LogP contribution in [0.5, 0.6) is 0 Å². The topological polar surface area (TPSA) is 0 Å². The van der Waals surface area contributed by atoms with Crippen LogP contribution in [-0.4, -0.2) is 10.5 Å². The maximum Gasteiger partial charge on any atom is 3.00 e. The minimum atomic E-state index is 0. The fourth-order valence-corrected chi connectivity index (χ4v) is 5.50. The van der Waals surface area contributed by atoms with E-state index in [4.69, 9.17) is 0 Å². The molecule has 0 fully saturated rings. The Hall–Kier alpha value is 0.604. The molecule has 0 nitrogen and oxygen atoms in total. The number of rotatable bonds is 5. The van der Waals surface area contributed by atoms with Gasteiger partial charge in [0.1, 0.15) is 0 Å². The first kappa shape index (κ1) is 27.8. The van der Waals surface area contributed by atoms with Crippen LogP contribution in [0, 0.1) is 16.9 Å². The van der Waals surface area contributed by atoms with E-state index in [9.17, 15) is 0 Å². The molecular weight excluding hydrogens is 403 g/mol. The maximum atomic E-state index is 3.61. The Balaban J connectivity index is 0. The van der Waals surface area contributed by atoms with Gasteiger partial charge in [0.25, 0.3) is 0 Å². The Morgan fingerprint density at radius 2 is 1.76 bits per heavy atom. The summed E-state index contributed by atoms with van der Waals surface area (Å²) in [6.45, 7) is 14.2. The predicted octanol–water partition coefficient (Wildman–Crippen LogP) is 0.522. The van der Waals surface area contributed by atoms with Crippen LogP contribution < -0.4 is 24.8 Å². The fourth-order valence-electron chi connectivity index (χ4n) is 3.74. The summed E-state index contributed by atoms with van der Waals surface area (Å²) in [7, 11) is 0. The molecule has 2 rings (SSSR count). The van der Waals surface area contributed by atoms with Gasteiger partial charge in [0.2, 0.25) is 0 Å². The third kappa shape index (κ3) is 5.55. The molecule has 0 aromatic heterocycles. The van der Waals surface area contributed by atoms with Crippen LogP contribution in [0.2, 0.25) is 0 Å². The van der Waals surface area contributed by atoms with E-state index in [1.54, 1.807) is 5.57 Å². The first-order valence-corrected chi connectivity index (χ1v) is 9.54. The van der Waals surface area contributed by atoms with Crippen LogP contribution in [0.15, 0.2) is 41.5 Å². The van der Waals surface area contributed by atoms with Gasteiger partial charge in [-0.25, -0.2) is 11.6 Å². The first-order valence-electron chi connectivity index (χ1n) is 8.55. The van der Waals surface area contributed by atoms with Crippen molar-refractivity contribution in [2.24, 2.45) is 10.8 Å². The zero-order valence-electron chi connectivity index (χ0n) is 16.4. The molecule has 0 N–H and O–H groups in total. The van der Waals surface area contributed by atoms with E-state index >= 15 is 0 Å². The maximum absolute atomic E-state index is 3.61. The second-order valence-corrected chi connectivity index (χ2v) is 9.35. The standard InChI is InChI=1S/C21H31S.2ClH.Ti/c1-7-16-22-21(20(5,6)17-12-8-9-13-17)15-11-10-14-18(21)19(2,3)4;;;/h8,10-12,14H,7,9,15-16H2,1-6H3;2*1H;/q-1;;;+3/p-2. The van der Waals surface area contributed by atoms with Crippen molar-refractivity contribution in [3.8, 4) is 0 Å². The first-order chi connectivity index (χ1) is 10.3. The summed E-state index contributed by atoms with van der Waals surface area (Å²) in [4.78, 5) is 0. The Morgan fingerprint density at radius 3 is 2.24 bits per heavy atom. The summed E-state index contributed by atoms with van der Waals surface area (Å²) < 4.78 is 0.132.